The molecule has 2 atom stereocenters. The van der Waals surface area contributed by atoms with E-state index in [1.165, 1.54) is 46.6 Å². The Bertz CT molecular complexity index is 3090. The summed E-state index contributed by atoms with van der Waals surface area (Å²) >= 11 is 6.53. The normalized spacial score (nSPS) is 16.6. The zero-order chi connectivity index (χ0) is 47.3. The second-order valence-corrected chi connectivity index (χ2v) is 16.8. The number of alkyl halides is 6. The first kappa shape index (κ1) is 44.5. The van der Waals surface area contributed by atoms with E-state index in [9.17, 15) is 35.9 Å². The number of rotatable bonds is 8. The van der Waals surface area contributed by atoms with Gasteiger partial charge in [0.2, 0.25) is 0 Å². The number of ether oxygens (including phenoxy) is 1. The van der Waals surface area contributed by atoms with Crippen LogP contribution in [0, 0.1) is 5.82 Å². The number of amides is 2. The maximum absolute atomic E-state index is 15.3. The largest absolute Gasteiger partial charge is 0.492 e. The highest BCUT2D eigenvalue weighted by Gasteiger charge is 2.40. The number of fused-ring (bicyclic) bond motifs is 3. The summed E-state index contributed by atoms with van der Waals surface area (Å²) in [7, 11) is 6.16. The Labute approximate surface area is 375 Å². The number of pyridine rings is 1. The topological polar surface area (TPSA) is 139 Å². The number of hydrogen-bond acceptors (Lipinski definition) is 8. The zero-order valence-electron chi connectivity index (χ0n) is 36.1. The fourth-order valence-electron chi connectivity index (χ4n) is 9.13. The Morgan fingerprint density at radius 3 is 1.94 bits per heavy atom. The molecule has 9 rings (SSSR count). The van der Waals surface area contributed by atoms with Gasteiger partial charge in [0.15, 0.2) is 17.2 Å². The molecule has 0 bridgehead atoms. The fraction of sp³-hybridized carbons (Fsp3) is 0.372. The SMILES string of the molecule is C[C@H]1c2nn(C)c(-c3cc(C(F)(F)F)nn3C)c2CCN1C(=O)c1cc(Cl)cc(OCCn2nc3c(c2-c2cc(C(F)(F)F)nn2C)CCN(C(=O)c2c(F)cnc4c2ccn4C)[C@H]3C)c1. The van der Waals surface area contributed by atoms with Crippen LogP contribution in [0.3, 0.4) is 0 Å². The van der Waals surface area contributed by atoms with Crippen molar-refractivity contribution in [3.8, 4) is 28.5 Å². The van der Waals surface area contributed by atoms with Gasteiger partial charge in [-0.3, -0.25) is 28.3 Å². The number of hydrogen-bond donors (Lipinski definition) is 0. The lowest BCUT2D eigenvalue weighted by Gasteiger charge is -2.33. The Morgan fingerprint density at radius 1 is 0.758 bits per heavy atom. The fourth-order valence-corrected chi connectivity index (χ4v) is 9.36. The highest BCUT2D eigenvalue weighted by molar-refractivity contribution is 6.31. The minimum atomic E-state index is -4.74. The van der Waals surface area contributed by atoms with Crippen molar-refractivity contribution in [3.05, 3.63) is 105 Å². The number of carbonyl (C=O) groups is 2. The number of carbonyl (C=O) groups excluding carboxylic acids is 2. The van der Waals surface area contributed by atoms with Gasteiger partial charge in [0.05, 0.1) is 64.6 Å². The molecule has 23 heteroatoms. The molecule has 0 saturated heterocycles. The van der Waals surface area contributed by atoms with E-state index >= 15 is 4.39 Å². The first-order valence-electron chi connectivity index (χ1n) is 20.7. The van der Waals surface area contributed by atoms with Gasteiger partial charge in [-0.15, -0.1) is 0 Å². The summed E-state index contributed by atoms with van der Waals surface area (Å²) in [6.45, 7) is 3.70. The van der Waals surface area contributed by atoms with Gasteiger partial charge in [0, 0.05) is 74.6 Å². The maximum atomic E-state index is 15.3. The number of halogens is 8. The first-order chi connectivity index (χ1) is 31.1. The van der Waals surface area contributed by atoms with E-state index in [1.807, 2.05) is 0 Å². The molecule has 0 spiro atoms. The van der Waals surface area contributed by atoms with Crippen molar-refractivity contribution in [1.82, 2.24) is 58.5 Å². The number of benzene rings is 1. The molecule has 66 heavy (non-hydrogen) atoms. The monoisotopic (exact) mass is 940 g/mol. The molecule has 0 fully saturated rings. The van der Waals surface area contributed by atoms with Gasteiger partial charge in [-0.25, -0.2) is 9.37 Å². The van der Waals surface area contributed by atoms with E-state index in [4.69, 9.17) is 21.4 Å². The molecule has 0 radical (unpaired) electrons. The lowest BCUT2D eigenvalue weighted by molar-refractivity contribution is -0.142. The van der Waals surface area contributed by atoms with Crippen LogP contribution in [0.5, 0.6) is 5.75 Å². The maximum Gasteiger partial charge on any atom is 0.435 e. The summed E-state index contributed by atoms with van der Waals surface area (Å²) in [6.07, 6.45) is -6.24. The molecule has 0 saturated carbocycles. The highest BCUT2D eigenvalue weighted by atomic mass is 35.5. The molecule has 0 aliphatic carbocycles. The van der Waals surface area contributed by atoms with E-state index in [2.05, 4.69) is 20.3 Å². The molecular formula is C43H40ClF7N12O3. The average molecular weight is 941 g/mol. The Kier molecular flexibility index (Phi) is 10.8. The van der Waals surface area contributed by atoms with Crippen molar-refractivity contribution in [1.29, 1.82) is 0 Å². The molecule has 346 valence electrons. The molecule has 1 aromatic carbocycles. The van der Waals surface area contributed by atoms with E-state index in [0.29, 0.717) is 51.4 Å². The minimum absolute atomic E-state index is 0.00990. The smallest absolute Gasteiger partial charge is 0.435 e. The van der Waals surface area contributed by atoms with Crippen molar-refractivity contribution < 1.29 is 45.1 Å². The summed E-state index contributed by atoms with van der Waals surface area (Å²) in [5.74, 6) is -1.58. The van der Waals surface area contributed by atoms with Gasteiger partial charge in [0.25, 0.3) is 11.8 Å². The molecule has 15 nitrogen and oxygen atoms in total. The van der Waals surface area contributed by atoms with Crippen LogP contribution in [0.2, 0.25) is 5.02 Å². The van der Waals surface area contributed by atoms with Crippen molar-refractivity contribution in [2.24, 2.45) is 28.2 Å². The van der Waals surface area contributed by atoms with Crippen molar-refractivity contribution in [3.63, 3.8) is 0 Å². The van der Waals surface area contributed by atoms with Gasteiger partial charge in [-0.1, -0.05) is 11.6 Å². The number of nitrogens with zero attached hydrogens (tertiary/aromatic N) is 12. The second-order valence-electron chi connectivity index (χ2n) is 16.4. The molecule has 2 amide bonds. The van der Waals surface area contributed by atoms with Crippen LogP contribution >= 0.6 is 11.6 Å². The summed E-state index contributed by atoms with van der Waals surface area (Å²) in [5, 5.41) is 17.3. The zero-order valence-corrected chi connectivity index (χ0v) is 36.9. The van der Waals surface area contributed by atoms with Gasteiger partial charge >= 0.3 is 12.4 Å². The third-order valence-electron chi connectivity index (χ3n) is 12.3. The molecule has 7 aromatic rings. The average Bonchev–Trinajstić information content (AvgIpc) is 4.07. The molecule has 6 aromatic heterocycles. The highest BCUT2D eigenvalue weighted by Crippen LogP contribution is 2.41. The summed E-state index contributed by atoms with van der Waals surface area (Å²) in [4.78, 5) is 35.4. The molecule has 2 aliphatic rings. The lowest BCUT2D eigenvalue weighted by Crippen LogP contribution is -2.39. The third-order valence-corrected chi connectivity index (χ3v) is 12.5. The van der Waals surface area contributed by atoms with Crippen LogP contribution in [0.25, 0.3) is 33.8 Å². The molecule has 2 aliphatic heterocycles. The van der Waals surface area contributed by atoms with Gasteiger partial charge in [-0.2, -0.15) is 46.7 Å². The molecule has 0 N–H and O–H groups in total. The number of aryl methyl sites for hydroxylation is 4. The van der Waals surface area contributed by atoms with Gasteiger partial charge in [0.1, 0.15) is 18.0 Å². The summed E-state index contributed by atoms with van der Waals surface area (Å²) < 4.78 is 111. The third kappa shape index (κ3) is 7.53. The van der Waals surface area contributed by atoms with Crippen LogP contribution in [0.15, 0.2) is 48.8 Å². The van der Waals surface area contributed by atoms with Crippen molar-refractivity contribution >= 4 is 34.4 Å². The van der Waals surface area contributed by atoms with Crippen LogP contribution in [-0.2, 0) is 59.9 Å². The van der Waals surface area contributed by atoms with E-state index in [1.54, 1.807) is 49.7 Å². The predicted molar refractivity (Wildman–Crippen MR) is 224 cm³/mol. The Balaban J connectivity index is 0.970. The predicted octanol–water partition coefficient (Wildman–Crippen LogP) is 7.73. The quantitative estimate of drug-likeness (QED) is 0.141. The standard InChI is InChI=1S/C43H40ClF7N12O3/c1-21-35-27(37(60(6)55-35)30-18-32(42(46,47)48)53-58(30)4)8-11-61(21)40(64)23-15-24(44)17-25(16-23)66-14-13-63-38(31-19-33(43(49,50)51)54-59(31)5)28-9-12-62(22(2)36(28)56-63)41(65)34-26-7-10-57(3)39(26)52-20-29(34)45/h7,10,15-22H,8-9,11-14H2,1-6H3/t21-,22-/m0/s1. The van der Waals surface area contributed by atoms with Crippen LogP contribution in [-0.4, -0.2) is 90.0 Å². The van der Waals surface area contributed by atoms with Gasteiger partial charge < -0.3 is 19.1 Å². The van der Waals surface area contributed by atoms with Crippen molar-refractivity contribution in [2.45, 2.75) is 57.7 Å². The summed E-state index contributed by atoms with van der Waals surface area (Å²) in [5.41, 5.74) is 1.68. The van der Waals surface area contributed by atoms with E-state index in [0.717, 1.165) is 27.7 Å². The van der Waals surface area contributed by atoms with Crippen LogP contribution in [0.4, 0.5) is 30.7 Å². The lowest BCUT2D eigenvalue weighted by atomic mass is 9.96. The first-order valence-corrected chi connectivity index (χ1v) is 21.0. The second kappa shape index (κ2) is 16.0. The van der Waals surface area contributed by atoms with E-state index in [-0.39, 0.29) is 65.9 Å². The molecule has 8 heterocycles. The Morgan fingerprint density at radius 2 is 1.33 bits per heavy atom. The number of aromatic nitrogens is 10. The molecule has 0 unspecified atom stereocenters. The van der Waals surface area contributed by atoms with Crippen LogP contribution in [0.1, 0.15) is 80.5 Å². The van der Waals surface area contributed by atoms with E-state index < -0.39 is 53.5 Å². The molecular weight excluding hydrogens is 901 g/mol. The van der Waals surface area contributed by atoms with Gasteiger partial charge in [-0.05, 0) is 63.1 Å². The minimum Gasteiger partial charge on any atom is -0.492 e. The van der Waals surface area contributed by atoms with Crippen LogP contribution < -0.4 is 4.74 Å². The Hall–Kier alpha value is -6.71. The van der Waals surface area contributed by atoms with Crippen molar-refractivity contribution in [2.75, 3.05) is 19.7 Å². The summed E-state index contributed by atoms with van der Waals surface area (Å²) in [6, 6.07) is 6.70.